The highest BCUT2D eigenvalue weighted by Crippen LogP contribution is 2.48. The van der Waals surface area contributed by atoms with E-state index in [2.05, 4.69) is 9.97 Å². The molecule has 0 radical (unpaired) electrons. The Morgan fingerprint density at radius 2 is 2.18 bits per heavy atom. The van der Waals surface area contributed by atoms with Crippen molar-refractivity contribution in [2.75, 3.05) is 11.5 Å². The monoisotopic (exact) mass is 397 g/mol. The number of carbonyl (C=O) groups excluding carboxylic acids is 1. The molecule has 1 unspecified atom stereocenters. The molecule has 2 aliphatic rings. The van der Waals surface area contributed by atoms with Crippen LogP contribution in [-0.4, -0.2) is 22.6 Å². The number of fused-ring (bicyclic) bond motifs is 2. The largest absolute Gasteiger partial charge is 0.491 e. The Balaban J connectivity index is 1.61. The van der Waals surface area contributed by atoms with E-state index >= 15 is 0 Å². The first-order valence-electron chi connectivity index (χ1n) is 9.29. The zero-order valence-electron chi connectivity index (χ0n) is 15.2. The number of amides is 2. The fourth-order valence-electron chi connectivity index (χ4n) is 4.41. The van der Waals surface area contributed by atoms with E-state index in [0.717, 1.165) is 11.8 Å². The van der Waals surface area contributed by atoms with Gasteiger partial charge in [0.1, 0.15) is 11.8 Å². The lowest BCUT2D eigenvalue weighted by Crippen LogP contribution is -2.32. The predicted octanol–water partition coefficient (Wildman–Crippen LogP) is 4.03. The quantitative estimate of drug-likeness (QED) is 0.819. The number of hydrogen-bond donors (Lipinski definition) is 1. The van der Waals surface area contributed by atoms with E-state index in [-0.39, 0.29) is 11.5 Å². The Morgan fingerprint density at radius 1 is 1.32 bits per heavy atom. The molecule has 144 valence electrons. The van der Waals surface area contributed by atoms with Crippen molar-refractivity contribution in [3.8, 4) is 11.8 Å². The first-order valence-corrected chi connectivity index (χ1v) is 9.67. The van der Waals surface area contributed by atoms with Gasteiger partial charge in [-0.15, -0.1) is 0 Å². The SMILES string of the molecule is N#Cc1cnc(N(C(N)=O)c2cc(Cl)ccc2OCC2C[C@H]3CC[C@H]2C3)cn1. The van der Waals surface area contributed by atoms with Crippen molar-refractivity contribution in [1.82, 2.24) is 9.97 Å². The van der Waals surface area contributed by atoms with E-state index in [4.69, 9.17) is 27.3 Å². The minimum absolute atomic E-state index is 0.145. The van der Waals surface area contributed by atoms with Crippen LogP contribution < -0.4 is 15.4 Å². The molecule has 4 rings (SSSR count). The van der Waals surface area contributed by atoms with Crippen LogP contribution in [0.2, 0.25) is 5.02 Å². The summed E-state index contributed by atoms with van der Waals surface area (Å²) < 4.78 is 6.12. The van der Waals surface area contributed by atoms with Crippen LogP contribution in [-0.2, 0) is 0 Å². The number of primary amides is 1. The fourth-order valence-corrected chi connectivity index (χ4v) is 4.58. The average Bonchev–Trinajstić information content (AvgIpc) is 3.31. The second-order valence-electron chi connectivity index (χ2n) is 7.40. The van der Waals surface area contributed by atoms with Crippen molar-refractivity contribution >= 4 is 29.1 Å². The highest BCUT2D eigenvalue weighted by molar-refractivity contribution is 6.31. The maximum atomic E-state index is 12.2. The maximum Gasteiger partial charge on any atom is 0.325 e. The number of carbonyl (C=O) groups is 1. The van der Waals surface area contributed by atoms with Gasteiger partial charge in [-0.05, 0) is 55.2 Å². The van der Waals surface area contributed by atoms with Crippen LogP contribution in [0.25, 0.3) is 0 Å². The number of rotatable bonds is 5. The van der Waals surface area contributed by atoms with Gasteiger partial charge < -0.3 is 10.5 Å². The molecule has 2 saturated carbocycles. The number of urea groups is 1. The van der Waals surface area contributed by atoms with Crippen molar-refractivity contribution < 1.29 is 9.53 Å². The summed E-state index contributed by atoms with van der Waals surface area (Å²) in [5.74, 6) is 2.81. The summed E-state index contributed by atoms with van der Waals surface area (Å²) in [6, 6.07) is 6.21. The first kappa shape index (κ1) is 18.5. The van der Waals surface area contributed by atoms with Crippen LogP contribution in [0.5, 0.6) is 5.75 Å². The summed E-state index contributed by atoms with van der Waals surface area (Å²) >= 11 is 6.17. The molecule has 7 nitrogen and oxygen atoms in total. The van der Waals surface area contributed by atoms with Gasteiger partial charge in [0.25, 0.3) is 0 Å². The number of hydrogen-bond acceptors (Lipinski definition) is 5. The molecule has 1 heterocycles. The zero-order chi connectivity index (χ0) is 19.7. The third kappa shape index (κ3) is 3.60. The number of nitrogens with zero attached hydrogens (tertiary/aromatic N) is 4. The molecule has 1 aromatic heterocycles. The molecule has 1 aromatic carbocycles. The third-order valence-electron chi connectivity index (χ3n) is 5.70. The number of halogens is 1. The van der Waals surface area contributed by atoms with Gasteiger partial charge in [-0.3, -0.25) is 0 Å². The van der Waals surface area contributed by atoms with E-state index in [1.54, 1.807) is 18.2 Å². The van der Waals surface area contributed by atoms with Crippen molar-refractivity contribution in [2.45, 2.75) is 25.7 Å². The number of aromatic nitrogens is 2. The van der Waals surface area contributed by atoms with Gasteiger partial charge in [0.15, 0.2) is 11.5 Å². The average molecular weight is 398 g/mol. The molecule has 2 N–H and O–H groups in total. The molecule has 2 amide bonds. The molecule has 8 heteroatoms. The Labute approximate surface area is 168 Å². The van der Waals surface area contributed by atoms with E-state index in [1.165, 1.54) is 43.0 Å². The lowest BCUT2D eigenvalue weighted by molar-refractivity contribution is 0.195. The van der Waals surface area contributed by atoms with Crippen molar-refractivity contribution in [1.29, 1.82) is 5.26 Å². The molecule has 3 atom stereocenters. The van der Waals surface area contributed by atoms with Gasteiger partial charge >= 0.3 is 6.03 Å². The zero-order valence-corrected chi connectivity index (χ0v) is 16.0. The van der Waals surface area contributed by atoms with Crippen LogP contribution in [0.3, 0.4) is 0 Å². The minimum atomic E-state index is -0.744. The summed E-state index contributed by atoms with van der Waals surface area (Å²) in [7, 11) is 0. The van der Waals surface area contributed by atoms with E-state index in [9.17, 15) is 4.79 Å². The third-order valence-corrected chi connectivity index (χ3v) is 5.94. The molecule has 0 saturated heterocycles. The Morgan fingerprint density at radius 3 is 2.79 bits per heavy atom. The van der Waals surface area contributed by atoms with Crippen molar-refractivity contribution in [3.05, 3.63) is 41.3 Å². The first-order chi connectivity index (χ1) is 13.5. The second kappa shape index (κ2) is 7.64. The van der Waals surface area contributed by atoms with E-state index in [0.29, 0.717) is 29.0 Å². The summed E-state index contributed by atoms with van der Waals surface area (Å²) in [4.78, 5) is 21.5. The minimum Gasteiger partial charge on any atom is -0.491 e. The summed E-state index contributed by atoms with van der Waals surface area (Å²) in [6.45, 7) is 0.599. The molecular formula is C20H20ClN5O2. The normalized spacial score (nSPS) is 22.6. The van der Waals surface area contributed by atoms with Gasteiger partial charge in [0, 0.05) is 5.02 Å². The summed E-state index contributed by atoms with van der Waals surface area (Å²) in [5.41, 5.74) is 6.16. The molecule has 2 aliphatic carbocycles. The van der Waals surface area contributed by atoms with Crippen LogP contribution in [0.4, 0.5) is 16.3 Å². The van der Waals surface area contributed by atoms with E-state index in [1.807, 2.05) is 6.07 Å². The maximum absolute atomic E-state index is 12.2. The van der Waals surface area contributed by atoms with Gasteiger partial charge in [-0.25, -0.2) is 19.7 Å². The Bertz CT molecular complexity index is 927. The Kier molecular flexibility index (Phi) is 5.05. The topological polar surface area (TPSA) is 105 Å². The van der Waals surface area contributed by atoms with Crippen LogP contribution >= 0.6 is 11.6 Å². The molecule has 2 bridgehead atoms. The molecule has 0 aliphatic heterocycles. The van der Waals surface area contributed by atoms with Gasteiger partial charge in [-0.1, -0.05) is 18.0 Å². The molecule has 2 fully saturated rings. The Hall–Kier alpha value is -2.85. The van der Waals surface area contributed by atoms with Crippen LogP contribution in [0, 0.1) is 29.1 Å². The standard InChI is InChI=1S/C20H20ClN5O2/c21-15-3-4-18(28-11-14-6-12-1-2-13(14)5-12)17(7-15)26(20(23)27)19-10-24-16(8-22)9-25-19/h3-4,7,9-10,12-14H,1-2,5-6,11H2,(H2,23,27)/t12-,13-,14?/m0/s1. The highest BCUT2D eigenvalue weighted by Gasteiger charge is 2.39. The number of ether oxygens (including phenoxy) is 1. The molecular weight excluding hydrogens is 378 g/mol. The number of anilines is 2. The van der Waals surface area contributed by atoms with E-state index < -0.39 is 6.03 Å². The summed E-state index contributed by atoms with van der Waals surface area (Å²) in [6.07, 6.45) is 7.72. The predicted molar refractivity (Wildman–Crippen MR) is 104 cm³/mol. The van der Waals surface area contributed by atoms with Gasteiger partial charge in [-0.2, -0.15) is 5.26 Å². The molecule has 2 aromatic rings. The van der Waals surface area contributed by atoms with Gasteiger partial charge in [0.05, 0.1) is 24.7 Å². The summed E-state index contributed by atoms with van der Waals surface area (Å²) in [5, 5.41) is 9.34. The van der Waals surface area contributed by atoms with Gasteiger partial charge in [0.2, 0.25) is 0 Å². The smallest absolute Gasteiger partial charge is 0.325 e. The van der Waals surface area contributed by atoms with Crippen molar-refractivity contribution in [2.24, 2.45) is 23.5 Å². The van der Waals surface area contributed by atoms with Crippen LogP contribution in [0.1, 0.15) is 31.4 Å². The second-order valence-corrected chi connectivity index (χ2v) is 7.84. The number of nitriles is 1. The lowest BCUT2D eigenvalue weighted by atomic mass is 9.89. The highest BCUT2D eigenvalue weighted by atomic mass is 35.5. The molecule has 28 heavy (non-hydrogen) atoms. The molecule has 0 spiro atoms. The fraction of sp³-hybridized carbons (Fsp3) is 0.400. The van der Waals surface area contributed by atoms with Crippen molar-refractivity contribution in [3.63, 3.8) is 0 Å². The van der Waals surface area contributed by atoms with Crippen LogP contribution in [0.15, 0.2) is 30.6 Å². The number of benzene rings is 1. The lowest BCUT2D eigenvalue weighted by Gasteiger charge is -2.25. The number of nitrogens with two attached hydrogens (primary N) is 1.